The molecule has 2 aliphatic rings. The Morgan fingerprint density at radius 1 is 1.19 bits per heavy atom. The molecular weight excluding hydrogens is 220 g/mol. The normalized spacial score (nSPS) is 23.2. The summed E-state index contributed by atoms with van der Waals surface area (Å²) in [6, 6.07) is 8.20. The van der Waals surface area contributed by atoms with Crippen LogP contribution in [0.15, 0.2) is 24.3 Å². The highest BCUT2D eigenvalue weighted by molar-refractivity contribution is 6.30. The van der Waals surface area contributed by atoms with Gasteiger partial charge in [-0.2, -0.15) is 0 Å². The highest BCUT2D eigenvalue weighted by atomic mass is 35.5. The molecule has 3 rings (SSSR count). The van der Waals surface area contributed by atoms with E-state index in [4.69, 9.17) is 11.6 Å². The van der Waals surface area contributed by atoms with Gasteiger partial charge in [0, 0.05) is 36.9 Å². The molecule has 0 atom stereocenters. The summed E-state index contributed by atoms with van der Waals surface area (Å²) >= 11 is 6.02. The Morgan fingerprint density at radius 2 is 1.94 bits per heavy atom. The summed E-state index contributed by atoms with van der Waals surface area (Å²) in [5, 5.41) is 4.23. The van der Waals surface area contributed by atoms with Crippen molar-refractivity contribution in [1.82, 2.24) is 5.32 Å². The molecular formula is C13H17ClN2. The molecule has 0 aromatic heterocycles. The van der Waals surface area contributed by atoms with E-state index in [1.165, 1.54) is 44.7 Å². The Labute approximate surface area is 102 Å². The number of hydrogen-bond donors (Lipinski definition) is 1. The maximum absolute atomic E-state index is 6.02. The van der Waals surface area contributed by atoms with E-state index >= 15 is 0 Å². The summed E-state index contributed by atoms with van der Waals surface area (Å²) in [6.45, 7) is 4.77. The van der Waals surface area contributed by atoms with Gasteiger partial charge in [0.15, 0.2) is 0 Å². The van der Waals surface area contributed by atoms with Gasteiger partial charge in [0.05, 0.1) is 0 Å². The van der Waals surface area contributed by atoms with Crippen LogP contribution < -0.4 is 10.2 Å². The molecule has 1 aromatic carbocycles. The van der Waals surface area contributed by atoms with Crippen molar-refractivity contribution in [2.75, 3.05) is 31.1 Å². The predicted octanol–water partition coefficient (Wildman–Crippen LogP) is 2.53. The second-order valence-corrected chi connectivity index (χ2v) is 5.51. The summed E-state index contributed by atoms with van der Waals surface area (Å²) in [5.41, 5.74) is 1.89. The Kier molecular flexibility index (Phi) is 2.56. The zero-order valence-corrected chi connectivity index (χ0v) is 10.1. The Hall–Kier alpha value is -0.730. The van der Waals surface area contributed by atoms with Crippen LogP contribution in [-0.2, 0) is 0 Å². The van der Waals surface area contributed by atoms with Gasteiger partial charge in [-0.15, -0.1) is 0 Å². The molecule has 2 nitrogen and oxygen atoms in total. The lowest BCUT2D eigenvalue weighted by molar-refractivity contribution is 0.126. The minimum Gasteiger partial charge on any atom is -0.371 e. The van der Waals surface area contributed by atoms with Crippen molar-refractivity contribution in [2.24, 2.45) is 5.41 Å². The highest BCUT2D eigenvalue weighted by Gasteiger charge is 2.39. The fourth-order valence-corrected chi connectivity index (χ4v) is 2.93. The molecule has 2 fully saturated rings. The molecule has 2 heterocycles. The van der Waals surface area contributed by atoms with Gasteiger partial charge < -0.3 is 10.2 Å². The quantitative estimate of drug-likeness (QED) is 0.806. The van der Waals surface area contributed by atoms with Crippen LogP contribution in [0.4, 0.5) is 5.69 Å². The van der Waals surface area contributed by atoms with Crippen molar-refractivity contribution in [3.8, 4) is 0 Å². The number of nitrogens with one attached hydrogen (secondary N) is 1. The minimum atomic E-state index is 0.620. The van der Waals surface area contributed by atoms with Crippen molar-refractivity contribution < 1.29 is 0 Å². The molecule has 2 aliphatic heterocycles. The highest BCUT2D eigenvalue weighted by Crippen LogP contribution is 2.36. The van der Waals surface area contributed by atoms with Crippen molar-refractivity contribution >= 4 is 17.3 Å². The maximum Gasteiger partial charge on any atom is 0.0426 e. The molecule has 0 unspecified atom stereocenters. The number of hydrogen-bond acceptors (Lipinski definition) is 2. The summed E-state index contributed by atoms with van der Waals surface area (Å²) in [4.78, 5) is 2.45. The molecule has 1 N–H and O–H groups in total. The fraction of sp³-hybridized carbons (Fsp3) is 0.538. The van der Waals surface area contributed by atoms with Crippen molar-refractivity contribution in [3.05, 3.63) is 29.3 Å². The molecule has 86 valence electrons. The molecule has 0 saturated carbocycles. The SMILES string of the molecule is Clc1cccc(N2CCC3(CC2)CNC3)c1. The maximum atomic E-state index is 6.02. The standard InChI is InChI=1S/C13H17ClN2/c14-11-2-1-3-12(8-11)16-6-4-13(5-7-16)9-15-10-13/h1-3,8,15H,4-7,9-10H2. The summed E-state index contributed by atoms with van der Waals surface area (Å²) in [7, 11) is 0. The van der Waals surface area contributed by atoms with Gasteiger partial charge in [0.2, 0.25) is 0 Å². The van der Waals surface area contributed by atoms with Crippen LogP contribution in [0.1, 0.15) is 12.8 Å². The van der Waals surface area contributed by atoms with E-state index in [1.807, 2.05) is 12.1 Å². The first-order valence-electron chi connectivity index (χ1n) is 5.99. The van der Waals surface area contributed by atoms with Crippen LogP contribution in [0.25, 0.3) is 0 Å². The number of nitrogens with zero attached hydrogens (tertiary/aromatic N) is 1. The number of benzene rings is 1. The zero-order valence-electron chi connectivity index (χ0n) is 9.38. The molecule has 16 heavy (non-hydrogen) atoms. The second kappa shape index (κ2) is 3.94. The van der Waals surface area contributed by atoms with E-state index in [-0.39, 0.29) is 0 Å². The van der Waals surface area contributed by atoms with Gasteiger partial charge in [0.1, 0.15) is 0 Å². The number of piperidine rings is 1. The van der Waals surface area contributed by atoms with Gasteiger partial charge >= 0.3 is 0 Å². The largest absolute Gasteiger partial charge is 0.371 e. The van der Waals surface area contributed by atoms with Crippen LogP contribution in [0.2, 0.25) is 5.02 Å². The van der Waals surface area contributed by atoms with Crippen molar-refractivity contribution in [3.63, 3.8) is 0 Å². The van der Waals surface area contributed by atoms with Gasteiger partial charge in [-0.05, 0) is 36.5 Å². The zero-order chi connectivity index (χ0) is 11.0. The number of rotatable bonds is 1. The second-order valence-electron chi connectivity index (χ2n) is 5.07. The molecule has 1 spiro atoms. The van der Waals surface area contributed by atoms with Gasteiger partial charge in [0.25, 0.3) is 0 Å². The fourth-order valence-electron chi connectivity index (χ4n) is 2.74. The van der Waals surface area contributed by atoms with E-state index in [0.29, 0.717) is 5.41 Å². The average Bonchev–Trinajstić information content (AvgIpc) is 2.27. The molecule has 2 saturated heterocycles. The summed E-state index contributed by atoms with van der Waals surface area (Å²) in [5.74, 6) is 0. The molecule has 3 heteroatoms. The van der Waals surface area contributed by atoms with Crippen LogP contribution in [0.5, 0.6) is 0 Å². The predicted molar refractivity (Wildman–Crippen MR) is 68.2 cm³/mol. The monoisotopic (exact) mass is 236 g/mol. The first-order chi connectivity index (χ1) is 7.77. The van der Waals surface area contributed by atoms with Crippen LogP contribution in [-0.4, -0.2) is 26.2 Å². The Morgan fingerprint density at radius 3 is 2.50 bits per heavy atom. The van der Waals surface area contributed by atoms with Crippen molar-refractivity contribution in [2.45, 2.75) is 12.8 Å². The molecule has 1 aromatic rings. The van der Waals surface area contributed by atoms with Crippen LogP contribution >= 0.6 is 11.6 Å². The molecule has 0 bridgehead atoms. The van der Waals surface area contributed by atoms with Crippen molar-refractivity contribution in [1.29, 1.82) is 0 Å². The van der Waals surface area contributed by atoms with E-state index in [0.717, 1.165) is 5.02 Å². The van der Waals surface area contributed by atoms with Gasteiger partial charge in [-0.25, -0.2) is 0 Å². The third-order valence-electron chi connectivity index (χ3n) is 4.00. The molecule has 0 amide bonds. The smallest absolute Gasteiger partial charge is 0.0426 e. The average molecular weight is 237 g/mol. The minimum absolute atomic E-state index is 0.620. The summed E-state index contributed by atoms with van der Waals surface area (Å²) < 4.78 is 0. The molecule has 0 radical (unpaired) electrons. The van der Waals surface area contributed by atoms with Crippen LogP contribution in [0.3, 0.4) is 0 Å². The van der Waals surface area contributed by atoms with E-state index in [9.17, 15) is 0 Å². The Bertz CT molecular complexity index is 377. The third kappa shape index (κ3) is 1.80. The van der Waals surface area contributed by atoms with Gasteiger partial charge in [-0.3, -0.25) is 0 Å². The van der Waals surface area contributed by atoms with Crippen LogP contribution in [0, 0.1) is 5.41 Å². The van der Waals surface area contributed by atoms with E-state index < -0.39 is 0 Å². The summed E-state index contributed by atoms with van der Waals surface area (Å²) in [6.07, 6.45) is 2.62. The number of anilines is 1. The first kappa shape index (κ1) is 10.4. The lowest BCUT2D eigenvalue weighted by Gasteiger charge is -2.49. The van der Waals surface area contributed by atoms with E-state index in [1.54, 1.807) is 0 Å². The van der Waals surface area contributed by atoms with Gasteiger partial charge in [-0.1, -0.05) is 17.7 Å². The topological polar surface area (TPSA) is 15.3 Å². The van der Waals surface area contributed by atoms with E-state index in [2.05, 4.69) is 22.3 Å². The third-order valence-corrected chi connectivity index (χ3v) is 4.23. The lowest BCUT2D eigenvalue weighted by atomic mass is 9.73. The first-order valence-corrected chi connectivity index (χ1v) is 6.37. The lowest BCUT2D eigenvalue weighted by Crippen LogP contribution is -2.58. The Balaban J connectivity index is 1.69. The molecule has 0 aliphatic carbocycles. The number of halogens is 1.